The van der Waals surface area contributed by atoms with Crippen LogP contribution in [-0.2, 0) is 11.3 Å². The maximum atomic E-state index is 11.0. The summed E-state index contributed by atoms with van der Waals surface area (Å²) in [5.41, 5.74) is 1.85. The molecule has 0 saturated heterocycles. The van der Waals surface area contributed by atoms with Crippen LogP contribution in [0.25, 0.3) is 0 Å². The zero-order valence-electron chi connectivity index (χ0n) is 13.1. The Hall–Kier alpha value is -1.31. The van der Waals surface area contributed by atoms with E-state index in [9.17, 15) is 4.79 Å². The summed E-state index contributed by atoms with van der Waals surface area (Å²) in [7, 11) is 0. The van der Waals surface area contributed by atoms with Crippen molar-refractivity contribution in [1.29, 1.82) is 0 Å². The number of hydrogen-bond acceptors (Lipinski definition) is 2. The molecule has 3 N–H and O–H groups in total. The van der Waals surface area contributed by atoms with Crippen LogP contribution in [-0.4, -0.2) is 24.5 Å². The first kappa shape index (κ1) is 19.7. The van der Waals surface area contributed by atoms with Crippen molar-refractivity contribution in [3.63, 3.8) is 0 Å². The van der Waals surface area contributed by atoms with Crippen LogP contribution in [0.3, 0.4) is 0 Å². The summed E-state index contributed by atoms with van der Waals surface area (Å²) < 4.78 is 0. The zero-order chi connectivity index (χ0) is 15.0. The summed E-state index contributed by atoms with van der Waals surface area (Å²) in [6, 6.07) is 8.04. The quantitative estimate of drug-likeness (QED) is 0.402. The van der Waals surface area contributed by atoms with Crippen molar-refractivity contribution >= 4 is 41.5 Å². The van der Waals surface area contributed by atoms with E-state index in [-0.39, 0.29) is 29.9 Å². The molecule has 1 aromatic rings. The topological polar surface area (TPSA) is 65.5 Å². The van der Waals surface area contributed by atoms with E-state index in [4.69, 9.17) is 0 Å². The van der Waals surface area contributed by atoms with Gasteiger partial charge in [-0.25, -0.2) is 4.99 Å². The molecule has 21 heavy (non-hydrogen) atoms. The Bertz CT molecular complexity index is 474. The van der Waals surface area contributed by atoms with Crippen molar-refractivity contribution in [3.8, 4) is 0 Å². The summed E-state index contributed by atoms with van der Waals surface area (Å²) in [4.78, 5) is 15.6. The van der Waals surface area contributed by atoms with Gasteiger partial charge < -0.3 is 16.0 Å². The number of benzene rings is 1. The highest BCUT2D eigenvalue weighted by Crippen LogP contribution is 2.11. The van der Waals surface area contributed by atoms with E-state index in [2.05, 4.69) is 34.8 Å². The number of hydrogen-bond donors (Lipinski definition) is 3. The predicted octanol–water partition coefficient (Wildman–Crippen LogP) is 2.73. The lowest BCUT2D eigenvalue weighted by atomic mass is 10.2. The fourth-order valence-electron chi connectivity index (χ4n) is 1.71. The lowest BCUT2D eigenvalue weighted by Gasteiger charge is -2.14. The molecule has 1 rings (SSSR count). The highest BCUT2D eigenvalue weighted by atomic mass is 127. The Kier molecular flexibility index (Phi) is 9.77. The molecule has 118 valence electrons. The zero-order valence-corrected chi connectivity index (χ0v) is 15.4. The van der Waals surface area contributed by atoms with Crippen molar-refractivity contribution < 1.29 is 4.79 Å². The lowest BCUT2D eigenvalue weighted by Crippen LogP contribution is -2.40. The molecule has 5 nitrogen and oxygen atoms in total. The van der Waals surface area contributed by atoms with Gasteiger partial charge in [0.2, 0.25) is 5.91 Å². The minimum atomic E-state index is -0.0690. The summed E-state index contributed by atoms with van der Waals surface area (Å²) in [6.45, 7) is 9.07. The molecule has 1 aromatic carbocycles. The molecular formula is C15H25IN4O. The fraction of sp³-hybridized carbons (Fsp3) is 0.467. The van der Waals surface area contributed by atoms with Gasteiger partial charge in [-0.1, -0.05) is 12.1 Å². The van der Waals surface area contributed by atoms with Gasteiger partial charge in [-0.15, -0.1) is 24.0 Å². The first-order valence-corrected chi connectivity index (χ1v) is 6.92. The number of anilines is 1. The van der Waals surface area contributed by atoms with Gasteiger partial charge in [0.05, 0.1) is 6.54 Å². The fourth-order valence-corrected chi connectivity index (χ4v) is 1.71. The number of rotatable bonds is 5. The molecule has 0 aliphatic heterocycles. The number of amides is 1. The summed E-state index contributed by atoms with van der Waals surface area (Å²) in [5.74, 6) is 0.730. The average Bonchev–Trinajstić information content (AvgIpc) is 2.35. The molecule has 6 heteroatoms. The number of carbonyl (C=O) groups excluding carboxylic acids is 1. The molecule has 0 saturated carbocycles. The second-order valence-corrected chi connectivity index (χ2v) is 4.88. The van der Waals surface area contributed by atoms with E-state index < -0.39 is 0 Å². The number of carbonyl (C=O) groups is 1. The van der Waals surface area contributed by atoms with Gasteiger partial charge in [0, 0.05) is 25.2 Å². The highest BCUT2D eigenvalue weighted by molar-refractivity contribution is 14.0. The van der Waals surface area contributed by atoms with Gasteiger partial charge in [-0.2, -0.15) is 0 Å². The molecule has 1 amide bonds. The Morgan fingerprint density at radius 3 is 2.62 bits per heavy atom. The maximum absolute atomic E-state index is 11.0. The Balaban J connectivity index is 0.00000400. The second kappa shape index (κ2) is 10.4. The Labute approximate surface area is 144 Å². The van der Waals surface area contributed by atoms with E-state index in [1.54, 1.807) is 0 Å². The van der Waals surface area contributed by atoms with Crippen LogP contribution < -0.4 is 16.0 Å². The molecule has 0 bridgehead atoms. The molecule has 0 heterocycles. The van der Waals surface area contributed by atoms with E-state index in [0.29, 0.717) is 12.6 Å². The Morgan fingerprint density at radius 2 is 2.05 bits per heavy atom. The standard InChI is InChI=1S/C15H24N4O.HI/c1-5-16-15(18-11(2)3)17-10-13-7-6-8-14(9-13)19-12(4)20;/h6-9,11H,5,10H2,1-4H3,(H,19,20)(H2,16,17,18);1H. The third kappa shape index (κ3) is 8.54. The molecule has 0 atom stereocenters. The number of aliphatic imine (C=N–C) groups is 1. The maximum Gasteiger partial charge on any atom is 0.221 e. The van der Waals surface area contributed by atoms with Crippen molar-refractivity contribution in [3.05, 3.63) is 29.8 Å². The molecule has 0 spiro atoms. The first-order valence-electron chi connectivity index (χ1n) is 6.92. The van der Waals surface area contributed by atoms with Crippen LogP contribution in [0, 0.1) is 0 Å². The minimum Gasteiger partial charge on any atom is -0.357 e. The number of nitrogens with zero attached hydrogens (tertiary/aromatic N) is 1. The van der Waals surface area contributed by atoms with E-state index in [0.717, 1.165) is 23.8 Å². The third-order valence-corrected chi connectivity index (χ3v) is 2.44. The van der Waals surface area contributed by atoms with Crippen molar-refractivity contribution in [2.75, 3.05) is 11.9 Å². The Morgan fingerprint density at radius 1 is 1.33 bits per heavy atom. The van der Waals surface area contributed by atoms with Gasteiger partial charge >= 0.3 is 0 Å². The van der Waals surface area contributed by atoms with Crippen molar-refractivity contribution in [1.82, 2.24) is 10.6 Å². The molecule has 0 unspecified atom stereocenters. The molecule has 0 aliphatic rings. The normalized spacial score (nSPS) is 10.8. The van der Waals surface area contributed by atoms with Crippen LogP contribution in [0.2, 0.25) is 0 Å². The van der Waals surface area contributed by atoms with Crippen LogP contribution >= 0.6 is 24.0 Å². The summed E-state index contributed by atoms with van der Waals surface area (Å²) in [6.07, 6.45) is 0. The summed E-state index contributed by atoms with van der Waals surface area (Å²) >= 11 is 0. The van der Waals surface area contributed by atoms with Gasteiger partial charge in [0.15, 0.2) is 5.96 Å². The number of nitrogens with one attached hydrogen (secondary N) is 3. The van der Waals surface area contributed by atoms with Crippen LogP contribution in [0.5, 0.6) is 0 Å². The second-order valence-electron chi connectivity index (χ2n) is 4.88. The van der Waals surface area contributed by atoms with Crippen molar-refractivity contribution in [2.45, 2.75) is 40.3 Å². The van der Waals surface area contributed by atoms with Crippen LogP contribution in [0.15, 0.2) is 29.3 Å². The first-order chi connectivity index (χ1) is 9.51. The van der Waals surface area contributed by atoms with Gasteiger partial charge in [-0.05, 0) is 38.5 Å². The average molecular weight is 404 g/mol. The monoisotopic (exact) mass is 404 g/mol. The molecule has 0 aromatic heterocycles. The third-order valence-electron chi connectivity index (χ3n) is 2.44. The summed E-state index contributed by atoms with van der Waals surface area (Å²) in [5, 5.41) is 9.24. The van der Waals surface area contributed by atoms with Crippen molar-refractivity contribution in [2.24, 2.45) is 4.99 Å². The van der Waals surface area contributed by atoms with Crippen LogP contribution in [0.4, 0.5) is 5.69 Å². The van der Waals surface area contributed by atoms with Gasteiger partial charge in [0.25, 0.3) is 0 Å². The van der Waals surface area contributed by atoms with Gasteiger partial charge in [-0.3, -0.25) is 4.79 Å². The number of halogens is 1. The lowest BCUT2D eigenvalue weighted by molar-refractivity contribution is -0.114. The highest BCUT2D eigenvalue weighted by Gasteiger charge is 2.01. The molecule has 0 aliphatic carbocycles. The minimum absolute atomic E-state index is 0. The van der Waals surface area contributed by atoms with E-state index >= 15 is 0 Å². The van der Waals surface area contributed by atoms with E-state index in [1.165, 1.54) is 6.92 Å². The van der Waals surface area contributed by atoms with E-state index in [1.807, 2.05) is 31.2 Å². The van der Waals surface area contributed by atoms with Gasteiger partial charge in [0.1, 0.15) is 0 Å². The largest absolute Gasteiger partial charge is 0.357 e. The smallest absolute Gasteiger partial charge is 0.221 e. The molecule has 0 fully saturated rings. The predicted molar refractivity (Wildman–Crippen MR) is 99.2 cm³/mol. The molecular weight excluding hydrogens is 379 g/mol. The SMILES string of the molecule is CCNC(=NCc1cccc(NC(C)=O)c1)NC(C)C.I. The molecule has 0 radical (unpaired) electrons. The van der Waals surface area contributed by atoms with Crippen LogP contribution in [0.1, 0.15) is 33.3 Å². The number of guanidine groups is 1.